The van der Waals surface area contributed by atoms with Crippen LogP contribution in [0, 0.1) is 6.92 Å². The molecule has 2 heterocycles. The number of aromatic nitrogens is 2. The van der Waals surface area contributed by atoms with Gasteiger partial charge < -0.3 is 14.5 Å². The number of aryl methyl sites for hydroxylation is 1. The highest BCUT2D eigenvalue weighted by Gasteiger charge is 2.20. The average Bonchev–Trinajstić information content (AvgIpc) is 2.63. The molecule has 0 atom stereocenters. The minimum Gasteiger partial charge on any atom is -0.378 e. The van der Waals surface area contributed by atoms with Crippen molar-refractivity contribution in [1.29, 1.82) is 0 Å². The fourth-order valence-corrected chi connectivity index (χ4v) is 2.81. The first-order valence-corrected chi connectivity index (χ1v) is 8.22. The van der Waals surface area contributed by atoms with E-state index < -0.39 is 0 Å². The van der Waals surface area contributed by atoms with Crippen LogP contribution in [-0.4, -0.2) is 48.7 Å². The van der Waals surface area contributed by atoms with Crippen LogP contribution in [0.2, 0.25) is 0 Å². The standard InChI is InChI=1S/C18H22N4O2/c1-3-22(15-6-4-5-14(2)11-15)18(23)16-12-17(20-13-19-16)21-7-9-24-10-8-21/h4-6,11-13H,3,7-10H2,1-2H3. The van der Waals surface area contributed by atoms with Crippen molar-refractivity contribution in [1.82, 2.24) is 9.97 Å². The molecule has 0 saturated carbocycles. The summed E-state index contributed by atoms with van der Waals surface area (Å²) in [6, 6.07) is 9.69. The SMILES string of the molecule is CCN(C(=O)c1cc(N2CCOCC2)ncn1)c1cccc(C)c1. The van der Waals surface area contributed by atoms with Crippen LogP contribution in [0.15, 0.2) is 36.7 Å². The molecule has 0 unspecified atom stereocenters. The summed E-state index contributed by atoms with van der Waals surface area (Å²) in [4.78, 5) is 25.3. The van der Waals surface area contributed by atoms with E-state index in [1.807, 2.05) is 38.1 Å². The maximum atomic E-state index is 12.9. The molecule has 1 aromatic heterocycles. The van der Waals surface area contributed by atoms with Gasteiger partial charge in [-0.3, -0.25) is 4.79 Å². The van der Waals surface area contributed by atoms with Gasteiger partial charge in [-0.2, -0.15) is 0 Å². The zero-order chi connectivity index (χ0) is 16.9. The van der Waals surface area contributed by atoms with Crippen LogP contribution in [0.3, 0.4) is 0 Å². The molecule has 3 rings (SSSR count). The Labute approximate surface area is 142 Å². The minimum atomic E-state index is -0.111. The maximum Gasteiger partial charge on any atom is 0.277 e. The summed E-state index contributed by atoms with van der Waals surface area (Å²) in [7, 11) is 0. The van der Waals surface area contributed by atoms with Crippen LogP contribution in [-0.2, 0) is 4.74 Å². The van der Waals surface area contributed by atoms with Gasteiger partial charge in [0.1, 0.15) is 17.8 Å². The van der Waals surface area contributed by atoms with E-state index in [0.29, 0.717) is 25.5 Å². The average molecular weight is 326 g/mol. The second kappa shape index (κ2) is 7.40. The second-order valence-corrected chi connectivity index (χ2v) is 5.75. The fraction of sp³-hybridized carbons (Fsp3) is 0.389. The van der Waals surface area contributed by atoms with Gasteiger partial charge in [-0.25, -0.2) is 9.97 Å². The van der Waals surface area contributed by atoms with E-state index in [4.69, 9.17) is 4.74 Å². The molecule has 6 heteroatoms. The monoisotopic (exact) mass is 326 g/mol. The number of anilines is 2. The van der Waals surface area contributed by atoms with Crippen molar-refractivity contribution < 1.29 is 9.53 Å². The van der Waals surface area contributed by atoms with Gasteiger partial charge in [-0.1, -0.05) is 12.1 Å². The van der Waals surface area contributed by atoms with Crippen LogP contribution >= 0.6 is 0 Å². The largest absolute Gasteiger partial charge is 0.378 e. The maximum absolute atomic E-state index is 12.9. The van der Waals surface area contributed by atoms with Gasteiger partial charge in [0.15, 0.2) is 0 Å². The number of carbonyl (C=O) groups excluding carboxylic acids is 1. The van der Waals surface area contributed by atoms with Gasteiger partial charge >= 0.3 is 0 Å². The van der Waals surface area contributed by atoms with Crippen molar-refractivity contribution in [3.05, 3.63) is 47.9 Å². The van der Waals surface area contributed by atoms with Crippen molar-refractivity contribution in [3.63, 3.8) is 0 Å². The lowest BCUT2D eigenvalue weighted by atomic mass is 10.2. The molecule has 126 valence electrons. The predicted molar refractivity (Wildman–Crippen MR) is 93.6 cm³/mol. The zero-order valence-electron chi connectivity index (χ0n) is 14.1. The number of morpholine rings is 1. The summed E-state index contributed by atoms with van der Waals surface area (Å²) >= 11 is 0. The normalized spacial score (nSPS) is 14.5. The van der Waals surface area contributed by atoms with Crippen LogP contribution in [0.1, 0.15) is 23.0 Å². The molecule has 0 bridgehead atoms. The molecule has 1 aliphatic rings. The van der Waals surface area contributed by atoms with E-state index in [1.165, 1.54) is 6.33 Å². The summed E-state index contributed by atoms with van der Waals surface area (Å²) in [6.45, 7) is 7.47. The van der Waals surface area contributed by atoms with Crippen molar-refractivity contribution in [2.24, 2.45) is 0 Å². The number of hydrogen-bond donors (Lipinski definition) is 0. The summed E-state index contributed by atoms with van der Waals surface area (Å²) in [5.74, 6) is 0.664. The van der Waals surface area contributed by atoms with Gasteiger partial charge in [-0.05, 0) is 31.5 Å². The highest BCUT2D eigenvalue weighted by molar-refractivity contribution is 6.05. The Hall–Kier alpha value is -2.47. The van der Waals surface area contributed by atoms with Gasteiger partial charge in [-0.15, -0.1) is 0 Å². The highest BCUT2D eigenvalue weighted by atomic mass is 16.5. The molecule has 0 spiro atoms. The molecule has 0 N–H and O–H groups in total. The first-order chi connectivity index (χ1) is 11.7. The fourth-order valence-electron chi connectivity index (χ4n) is 2.81. The third kappa shape index (κ3) is 3.54. The van der Waals surface area contributed by atoms with Crippen molar-refractivity contribution in [3.8, 4) is 0 Å². The van der Waals surface area contributed by atoms with Gasteiger partial charge in [0.2, 0.25) is 0 Å². The van der Waals surface area contributed by atoms with Crippen molar-refractivity contribution >= 4 is 17.4 Å². The second-order valence-electron chi connectivity index (χ2n) is 5.75. The zero-order valence-corrected chi connectivity index (χ0v) is 14.1. The molecule has 0 aliphatic carbocycles. The summed E-state index contributed by atoms with van der Waals surface area (Å²) in [5.41, 5.74) is 2.42. The lowest BCUT2D eigenvalue weighted by molar-refractivity contribution is 0.0983. The van der Waals surface area contributed by atoms with Gasteiger partial charge in [0, 0.05) is 31.4 Å². The van der Waals surface area contributed by atoms with E-state index in [9.17, 15) is 4.79 Å². The Balaban J connectivity index is 1.85. The molecule has 1 saturated heterocycles. The van der Waals surface area contributed by atoms with Crippen LogP contribution in [0.4, 0.5) is 11.5 Å². The molecule has 0 radical (unpaired) electrons. The molecule has 1 aromatic carbocycles. The number of ether oxygens (including phenoxy) is 1. The molecule has 1 aliphatic heterocycles. The van der Waals surface area contributed by atoms with Crippen LogP contribution < -0.4 is 9.80 Å². The number of benzene rings is 1. The van der Waals surface area contributed by atoms with E-state index in [-0.39, 0.29) is 5.91 Å². The third-order valence-electron chi connectivity index (χ3n) is 4.08. The van der Waals surface area contributed by atoms with E-state index in [0.717, 1.165) is 30.2 Å². The van der Waals surface area contributed by atoms with E-state index in [2.05, 4.69) is 14.9 Å². The Morgan fingerprint density at radius 3 is 2.75 bits per heavy atom. The number of rotatable bonds is 4. The Kier molecular flexibility index (Phi) is 5.05. The van der Waals surface area contributed by atoms with E-state index in [1.54, 1.807) is 11.0 Å². The molecule has 2 aromatic rings. The molecular weight excluding hydrogens is 304 g/mol. The summed E-state index contributed by atoms with van der Waals surface area (Å²) in [5, 5.41) is 0. The van der Waals surface area contributed by atoms with Crippen molar-refractivity contribution in [2.75, 3.05) is 42.6 Å². The molecular formula is C18H22N4O2. The molecule has 6 nitrogen and oxygen atoms in total. The van der Waals surface area contributed by atoms with Crippen molar-refractivity contribution in [2.45, 2.75) is 13.8 Å². The number of carbonyl (C=O) groups is 1. The first-order valence-electron chi connectivity index (χ1n) is 8.22. The summed E-state index contributed by atoms with van der Waals surface area (Å²) in [6.07, 6.45) is 1.46. The Morgan fingerprint density at radius 1 is 1.25 bits per heavy atom. The summed E-state index contributed by atoms with van der Waals surface area (Å²) < 4.78 is 5.36. The first kappa shape index (κ1) is 16.4. The van der Waals surface area contributed by atoms with E-state index >= 15 is 0 Å². The molecule has 1 amide bonds. The lowest BCUT2D eigenvalue weighted by Crippen LogP contribution is -2.37. The third-order valence-corrected chi connectivity index (χ3v) is 4.08. The molecule has 24 heavy (non-hydrogen) atoms. The number of hydrogen-bond acceptors (Lipinski definition) is 5. The number of amides is 1. The predicted octanol–water partition coefficient (Wildman–Crippen LogP) is 2.29. The molecule has 1 fully saturated rings. The lowest BCUT2D eigenvalue weighted by Gasteiger charge is -2.28. The smallest absolute Gasteiger partial charge is 0.277 e. The van der Waals surface area contributed by atoms with Crippen LogP contribution in [0.5, 0.6) is 0 Å². The van der Waals surface area contributed by atoms with Crippen LogP contribution in [0.25, 0.3) is 0 Å². The minimum absolute atomic E-state index is 0.111. The van der Waals surface area contributed by atoms with Gasteiger partial charge in [0.25, 0.3) is 5.91 Å². The Bertz CT molecular complexity index is 714. The Morgan fingerprint density at radius 2 is 2.04 bits per heavy atom. The quantitative estimate of drug-likeness (QED) is 0.863. The number of nitrogens with zero attached hydrogens (tertiary/aromatic N) is 4. The van der Waals surface area contributed by atoms with Gasteiger partial charge in [0.05, 0.1) is 13.2 Å². The topological polar surface area (TPSA) is 58.6 Å². The highest BCUT2D eigenvalue weighted by Crippen LogP contribution is 2.19.